The normalized spacial score (nSPS) is 47.4. The van der Waals surface area contributed by atoms with Gasteiger partial charge >= 0.3 is 0 Å². The Hall–Kier alpha value is -1.01. The number of hydrogen-bond acceptors (Lipinski definition) is 5. The molecule has 3 rings (SSSR count). The summed E-state index contributed by atoms with van der Waals surface area (Å²) in [5.41, 5.74) is 3.92. The number of Topliss-reactive ketones (excluding diaryl/α,β-unsaturated/α-hetero) is 1. The van der Waals surface area contributed by atoms with E-state index in [9.17, 15) is 20.1 Å². The minimum atomic E-state index is -1.81. The Labute approximate surface area is 143 Å². The van der Waals surface area contributed by atoms with E-state index in [0.717, 1.165) is 12.0 Å². The number of rotatable bonds is 1. The van der Waals surface area contributed by atoms with Crippen LogP contribution in [0.25, 0.3) is 0 Å². The van der Waals surface area contributed by atoms with Crippen LogP contribution < -0.4 is 5.73 Å². The van der Waals surface area contributed by atoms with Crippen molar-refractivity contribution >= 4 is 5.78 Å². The lowest BCUT2D eigenvalue weighted by molar-refractivity contribution is -0.160. The summed E-state index contributed by atoms with van der Waals surface area (Å²) in [6.45, 7) is 7.61. The Kier molecular flexibility index (Phi) is 3.89. The highest BCUT2D eigenvalue weighted by Crippen LogP contribution is 2.59. The summed E-state index contributed by atoms with van der Waals surface area (Å²) in [7, 11) is 0. The average molecular weight is 335 g/mol. The van der Waals surface area contributed by atoms with Gasteiger partial charge in [0.05, 0.1) is 18.1 Å². The van der Waals surface area contributed by atoms with Gasteiger partial charge in [-0.3, -0.25) is 4.79 Å². The van der Waals surface area contributed by atoms with Crippen molar-refractivity contribution in [2.45, 2.75) is 58.3 Å². The van der Waals surface area contributed by atoms with Gasteiger partial charge in [-0.05, 0) is 36.7 Å². The Morgan fingerprint density at radius 2 is 2.00 bits per heavy atom. The van der Waals surface area contributed by atoms with Crippen molar-refractivity contribution in [3.8, 4) is 0 Å². The van der Waals surface area contributed by atoms with Crippen molar-refractivity contribution < 1.29 is 20.1 Å². The standard InChI is InChI=1S/C19H29NO4/c1-10-8-18-6-5-11(2)17(3,4)13(16(18)23)7-12(9-21)15(22)19(18,24)14(10)20/h7-8,11,13-15,21-22,24H,5-6,9,20H2,1-4H3. The second-order valence-corrected chi connectivity index (χ2v) is 8.57. The molecule has 5 nitrogen and oxygen atoms in total. The van der Waals surface area contributed by atoms with Gasteiger partial charge < -0.3 is 21.1 Å². The lowest BCUT2D eigenvalue weighted by atomic mass is 9.63. The molecular weight excluding hydrogens is 306 g/mol. The predicted molar refractivity (Wildman–Crippen MR) is 91.0 cm³/mol. The highest BCUT2D eigenvalue weighted by atomic mass is 16.3. The van der Waals surface area contributed by atoms with E-state index in [1.54, 1.807) is 19.1 Å². The summed E-state index contributed by atoms with van der Waals surface area (Å²) in [5, 5.41) is 32.2. The zero-order valence-electron chi connectivity index (χ0n) is 14.9. The van der Waals surface area contributed by atoms with Crippen LogP contribution in [0, 0.1) is 22.7 Å². The third-order valence-corrected chi connectivity index (χ3v) is 7.25. The number of ketones is 1. The maximum atomic E-state index is 13.6. The summed E-state index contributed by atoms with van der Waals surface area (Å²) >= 11 is 0. The Morgan fingerprint density at radius 1 is 1.38 bits per heavy atom. The molecule has 0 aliphatic heterocycles. The van der Waals surface area contributed by atoms with Gasteiger partial charge in [0.1, 0.15) is 11.7 Å². The summed E-state index contributed by atoms with van der Waals surface area (Å²) in [5.74, 6) is -0.309. The quantitative estimate of drug-likeness (QED) is 0.534. The Bertz CT molecular complexity index is 637. The molecule has 0 saturated heterocycles. The second-order valence-electron chi connectivity index (χ2n) is 8.57. The summed E-state index contributed by atoms with van der Waals surface area (Å²) in [4.78, 5) is 13.6. The molecule has 0 aromatic carbocycles. The number of allylic oxidation sites excluding steroid dienone is 1. The molecule has 0 aromatic heterocycles. The second kappa shape index (κ2) is 5.24. The summed E-state index contributed by atoms with van der Waals surface area (Å²) < 4.78 is 0. The smallest absolute Gasteiger partial charge is 0.153 e. The van der Waals surface area contributed by atoms with Crippen LogP contribution in [0.5, 0.6) is 0 Å². The minimum absolute atomic E-state index is 0.0887. The molecule has 0 amide bonds. The van der Waals surface area contributed by atoms with Gasteiger partial charge in [0, 0.05) is 5.92 Å². The molecule has 24 heavy (non-hydrogen) atoms. The third-order valence-electron chi connectivity index (χ3n) is 7.25. The van der Waals surface area contributed by atoms with E-state index >= 15 is 0 Å². The molecule has 1 fully saturated rings. The van der Waals surface area contributed by atoms with Gasteiger partial charge in [-0.1, -0.05) is 38.5 Å². The van der Waals surface area contributed by atoms with Crippen molar-refractivity contribution in [2.75, 3.05) is 6.61 Å². The molecule has 0 radical (unpaired) electrons. The largest absolute Gasteiger partial charge is 0.392 e. The summed E-state index contributed by atoms with van der Waals surface area (Å²) in [6, 6.07) is -0.832. The van der Waals surface area contributed by atoms with E-state index in [1.165, 1.54) is 0 Å². The highest BCUT2D eigenvalue weighted by molar-refractivity contribution is 5.94. The highest BCUT2D eigenvalue weighted by Gasteiger charge is 2.68. The van der Waals surface area contributed by atoms with Gasteiger partial charge in [0.15, 0.2) is 5.78 Å². The van der Waals surface area contributed by atoms with Crippen molar-refractivity contribution in [1.29, 1.82) is 0 Å². The molecule has 3 aliphatic carbocycles. The molecular formula is C19H29NO4. The first-order valence-corrected chi connectivity index (χ1v) is 8.75. The SMILES string of the molecule is CC1=CC23CCC(C)C(C)(C)C(C=C(CO)C(O)C2(O)C1N)C3=O. The molecule has 3 aliphatic rings. The Balaban J connectivity index is 2.32. The van der Waals surface area contributed by atoms with E-state index in [1.807, 2.05) is 13.8 Å². The van der Waals surface area contributed by atoms with Crippen LogP contribution in [0.3, 0.4) is 0 Å². The molecule has 1 saturated carbocycles. The van der Waals surface area contributed by atoms with E-state index in [0.29, 0.717) is 12.0 Å². The fraction of sp³-hybridized carbons (Fsp3) is 0.737. The number of aliphatic hydroxyl groups is 3. The first-order chi connectivity index (χ1) is 11.0. The van der Waals surface area contributed by atoms with Crippen molar-refractivity contribution in [3.05, 3.63) is 23.3 Å². The van der Waals surface area contributed by atoms with Crippen LogP contribution in [0.1, 0.15) is 40.5 Å². The van der Waals surface area contributed by atoms with Crippen LogP contribution in [0.15, 0.2) is 23.3 Å². The van der Waals surface area contributed by atoms with Gasteiger partial charge in [-0.15, -0.1) is 0 Å². The molecule has 1 spiro atoms. The van der Waals surface area contributed by atoms with Crippen LogP contribution in [0.2, 0.25) is 0 Å². The first kappa shape index (κ1) is 17.8. The van der Waals surface area contributed by atoms with Crippen molar-refractivity contribution in [2.24, 2.45) is 28.4 Å². The molecule has 5 heteroatoms. The van der Waals surface area contributed by atoms with Gasteiger partial charge in [0.25, 0.3) is 0 Å². The Morgan fingerprint density at radius 3 is 2.58 bits per heavy atom. The van der Waals surface area contributed by atoms with E-state index in [4.69, 9.17) is 5.73 Å². The van der Waals surface area contributed by atoms with Crippen molar-refractivity contribution in [3.63, 3.8) is 0 Å². The minimum Gasteiger partial charge on any atom is -0.392 e. The van der Waals surface area contributed by atoms with E-state index in [2.05, 4.69) is 6.92 Å². The van der Waals surface area contributed by atoms with Crippen LogP contribution >= 0.6 is 0 Å². The van der Waals surface area contributed by atoms with Gasteiger partial charge in [-0.2, -0.15) is 0 Å². The third kappa shape index (κ3) is 1.87. The maximum absolute atomic E-state index is 13.6. The maximum Gasteiger partial charge on any atom is 0.153 e. The summed E-state index contributed by atoms with van der Waals surface area (Å²) in [6.07, 6.45) is 3.34. The average Bonchev–Trinajstić information content (AvgIpc) is 2.66. The number of aliphatic hydroxyl groups excluding tert-OH is 2. The van der Waals surface area contributed by atoms with Gasteiger partial charge in [0.2, 0.25) is 0 Å². The van der Waals surface area contributed by atoms with Crippen LogP contribution in [-0.2, 0) is 4.79 Å². The molecule has 0 heterocycles. The predicted octanol–water partition coefficient (Wildman–Crippen LogP) is 0.926. The van der Waals surface area contributed by atoms with Crippen LogP contribution in [-0.4, -0.2) is 45.5 Å². The molecule has 5 N–H and O–H groups in total. The number of carbonyl (C=O) groups is 1. The number of nitrogens with two attached hydrogens (primary N) is 1. The van der Waals surface area contributed by atoms with Crippen molar-refractivity contribution in [1.82, 2.24) is 0 Å². The molecule has 6 unspecified atom stereocenters. The van der Waals surface area contributed by atoms with Crippen LogP contribution in [0.4, 0.5) is 0 Å². The van der Waals surface area contributed by atoms with E-state index in [-0.39, 0.29) is 17.1 Å². The monoisotopic (exact) mass is 335 g/mol. The topological polar surface area (TPSA) is 104 Å². The molecule has 2 bridgehead atoms. The zero-order valence-corrected chi connectivity index (χ0v) is 14.9. The van der Waals surface area contributed by atoms with Gasteiger partial charge in [-0.25, -0.2) is 0 Å². The molecule has 134 valence electrons. The number of fused-ring (bicyclic) bond motifs is 1. The van der Waals surface area contributed by atoms with E-state index < -0.39 is 35.7 Å². The fourth-order valence-corrected chi connectivity index (χ4v) is 5.05. The number of carbonyl (C=O) groups excluding carboxylic acids is 1. The zero-order chi connectivity index (χ0) is 18.1. The lowest BCUT2D eigenvalue weighted by Crippen LogP contribution is -2.65. The number of hydrogen-bond donors (Lipinski definition) is 4. The molecule has 0 aromatic rings. The molecule has 6 atom stereocenters. The lowest BCUT2D eigenvalue weighted by Gasteiger charge is -2.45. The first-order valence-electron chi connectivity index (χ1n) is 8.75. The fourth-order valence-electron chi connectivity index (χ4n) is 5.05.